The Morgan fingerprint density at radius 3 is 2.81 bits per heavy atom. The molecule has 0 bridgehead atoms. The number of H-pyrrole nitrogens is 1. The molecule has 1 aliphatic carbocycles. The van der Waals surface area contributed by atoms with E-state index in [1.807, 2.05) is 18.5 Å². The second-order valence-corrected chi connectivity index (χ2v) is 8.14. The zero-order chi connectivity index (χ0) is 18.4. The van der Waals surface area contributed by atoms with Crippen LogP contribution in [0, 0.1) is 11.8 Å². The van der Waals surface area contributed by atoms with E-state index < -0.39 is 0 Å². The number of nitrogens with one attached hydrogen (secondary N) is 1. The largest absolute Gasteiger partial charge is 0.341 e. The summed E-state index contributed by atoms with van der Waals surface area (Å²) in [6.45, 7) is 5.04. The van der Waals surface area contributed by atoms with Gasteiger partial charge in [0.25, 0.3) is 0 Å². The van der Waals surface area contributed by atoms with E-state index in [0.29, 0.717) is 11.8 Å². The van der Waals surface area contributed by atoms with Crippen LogP contribution >= 0.6 is 0 Å². The van der Waals surface area contributed by atoms with Gasteiger partial charge in [-0.2, -0.15) is 5.10 Å². The normalized spacial score (nSPS) is 27.4. The predicted octanol–water partition coefficient (Wildman–Crippen LogP) is 2.79. The molecule has 3 fully saturated rings. The molecule has 2 aromatic heterocycles. The lowest BCUT2D eigenvalue weighted by Crippen LogP contribution is -2.32. The molecule has 1 amide bonds. The quantitative estimate of drug-likeness (QED) is 0.900. The van der Waals surface area contributed by atoms with Crippen molar-refractivity contribution in [3.05, 3.63) is 24.2 Å². The number of nitrogens with zero attached hydrogens (tertiary/aromatic N) is 5. The highest BCUT2D eigenvalue weighted by Crippen LogP contribution is 2.44. The van der Waals surface area contributed by atoms with E-state index in [1.165, 1.54) is 12.8 Å². The Kier molecular flexibility index (Phi) is 4.10. The fraction of sp³-hybridized carbons (Fsp3) is 0.600. The highest BCUT2D eigenvalue weighted by Gasteiger charge is 2.45. The van der Waals surface area contributed by atoms with Crippen LogP contribution in [-0.4, -0.2) is 50.6 Å². The van der Waals surface area contributed by atoms with Gasteiger partial charge in [0.05, 0.1) is 23.6 Å². The molecular formula is C20H26N6O. The Bertz CT molecular complexity index is 843. The fourth-order valence-corrected chi connectivity index (χ4v) is 4.53. The number of likely N-dealkylation sites (tertiary alicyclic amines) is 1. The first-order chi connectivity index (χ1) is 13.2. The molecule has 7 nitrogen and oxygen atoms in total. The summed E-state index contributed by atoms with van der Waals surface area (Å²) in [7, 11) is 0. The van der Waals surface area contributed by atoms with Crippen LogP contribution in [-0.2, 0) is 4.79 Å². The average Bonchev–Trinajstić information content (AvgIpc) is 3.21. The van der Waals surface area contributed by atoms with E-state index in [4.69, 9.17) is 4.98 Å². The standard InChI is InChI=1S/C20H26N6O/c1-13-11-14(13)19(27)26-10-4-5-17(26)18-15(12-22-24-18)16-6-7-21-20(23-16)25-8-2-3-9-25/h6-7,12-14,17H,2-5,8-11H2,1H3,(H,22,24)/t13-,14+,17-/m1/s1. The van der Waals surface area contributed by atoms with Crippen LogP contribution in [0.15, 0.2) is 18.5 Å². The summed E-state index contributed by atoms with van der Waals surface area (Å²) in [4.78, 5) is 26.4. The van der Waals surface area contributed by atoms with Gasteiger partial charge in [0.2, 0.25) is 11.9 Å². The molecule has 2 aliphatic heterocycles. The summed E-state index contributed by atoms with van der Waals surface area (Å²) in [6.07, 6.45) is 9.11. The van der Waals surface area contributed by atoms with Crippen molar-refractivity contribution in [2.75, 3.05) is 24.5 Å². The van der Waals surface area contributed by atoms with Crippen molar-refractivity contribution >= 4 is 11.9 Å². The lowest BCUT2D eigenvalue weighted by atomic mass is 10.0. The van der Waals surface area contributed by atoms with Crippen LogP contribution in [0.1, 0.15) is 50.8 Å². The van der Waals surface area contributed by atoms with Crippen LogP contribution in [0.25, 0.3) is 11.3 Å². The van der Waals surface area contributed by atoms with Crippen molar-refractivity contribution < 1.29 is 4.79 Å². The molecule has 5 rings (SSSR count). The van der Waals surface area contributed by atoms with Crippen molar-refractivity contribution in [2.24, 2.45) is 11.8 Å². The molecule has 3 aliphatic rings. The molecule has 0 spiro atoms. The first-order valence-corrected chi connectivity index (χ1v) is 10.1. The minimum atomic E-state index is 0.0769. The number of hydrogen-bond donors (Lipinski definition) is 1. The van der Waals surface area contributed by atoms with Crippen LogP contribution in [0.2, 0.25) is 0 Å². The van der Waals surface area contributed by atoms with E-state index in [1.54, 1.807) is 0 Å². The summed E-state index contributed by atoms with van der Waals surface area (Å²) in [5.74, 6) is 1.86. The SMILES string of the molecule is C[C@@H]1C[C@@H]1C(=O)N1CCC[C@@H]1c1[nH]ncc1-c1ccnc(N2CCCC2)n1. The number of hydrogen-bond acceptors (Lipinski definition) is 5. The average molecular weight is 366 g/mol. The minimum absolute atomic E-state index is 0.0769. The predicted molar refractivity (Wildman–Crippen MR) is 102 cm³/mol. The molecule has 142 valence electrons. The van der Waals surface area contributed by atoms with Gasteiger partial charge in [-0.25, -0.2) is 9.97 Å². The van der Waals surface area contributed by atoms with E-state index in [9.17, 15) is 4.79 Å². The molecule has 0 aromatic carbocycles. The molecule has 27 heavy (non-hydrogen) atoms. The van der Waals surface area contributed by atoms with Crippen molar-refractivity contribution in [3.8, 4) is 11.3 Å². The molecule has 2 aromatic rings. The molecule has 3 atom stereocenters. The lowest BCUT2D eigenvalue weighted by molar-refractivity contribution is -0.133. The smallest absolute Gasteiger partial charge is 0.226 e. The molecular weight excluding hydrogens is 340 g/mol. The van der Waals surface area contributed by atoms with Gasteiger partial charge < -0.3 is 9.80 Å². The minimum Gasteiger partial charge on any atom is -0.341 e. The third-order valence-corrected chi connectivity index (χ3v) is 6.27. The highest BCUT2D eigenvalue weighted by atomic mass is 16.2. The zero-order valence-corrected chi connectivity index (χ0v) is 15.8. The van der Waals surface area contributed by atoms with E-state index in [2.05, 4.69) is 31.9 Å². The molecule has 7 heteroatoms. The first kappa shape index (κ1) is 16.7. The maximum atomic E-state index is 12.9. The van der Waals surface area contributed by atoms with Crippen LogP contribution in [0.5, 0.6) is 0 Å². The molecule has 0 radical (unpaired) electrons. The van der Waals surface area contributed by atoms with Gasteiger partial charge in [0.15, 0.2) is 0 Å². The number of aromatic amines is 1. The second kappa shape index (κ2) is 6.62. The van der Waals surface area contributed by atoms with Gasteiger partial charge in [0, 0.05) is 37.3 Å². The molecule has 4 heterocycles. The molecule has 1 N–H and O–H groups in total. The van der Waals surface area contributed by atoms with Crippen molar-refractivity contribution in [2.45, 2.75) is 45.1 Å². The number of rotatable bonds is 4. The van der Waals surface area contributed by atoms with Crippen LogP contribution < -0.4 is 4.90 Å². The van der Waals surface area contributed by atoms with E-state index in [-0.39, 0.29) is 12.0 Å². The van der Waals surface area contributed by atoms with Crippen molar-refractivity contribution in [1.29, 1.82) is 0 Å². The highest BCUT2D eigenvalue weighted by molar-refractivity contribution is 5.82. The summed E-state index contributed by atoms with van der Waals surface area (Å²) < 4.78 is 0. The van der Waals surface area contributed by atoms with E-state index in [0.717, 1.165) is 61.8 Å². The van der Waals surface area contributed by atoms with Crippen molar-refractivity contribution in [1.82, 2.24) is 25.1 Å². The third-order valence-electron chi connectivity index (χ3n) is 6.27. The number of carbonyl (C=O) groups excluding carboxylic acids is 1. The maximum Gasteiger partial charge on any atom is 0.226 e. The number of anilines is 1. The Morgan fingerprint density at radius 2 is 2.04 bits per heavy atom. The zero-order valence-electron chi connectivity index (χ0n) is 15.8. The number of amides is 1. The monoisotopic (exact) mass is 366 g/mol. The first-order valence-electron chi connectivity index (χ1n) is 10.1. The van der Waals surface area contributed by atoms with Crippen LogP contribution in [0.3, 0.4) is 0 Å². The topological polar surface area (TPSA) is 78.0 Å². The summed E-state index contributed by atoms with van der Waals surface area (Å²) in [5, 5.41) is 7.48. The van der Waals surface area contributed by atoms with E-state index >= 15 is 0 Å². The Labute approximate surface area is 159 Å². The number of aromatic nitrogens is 4. The summed E-state index contributed by atoms with van der Waals surface area (Å²) >= 11 is 0. The van der Waals surface area contributed by atoms with Gasteiger partial charge in [-0.15, -0.1) is 0 Å². The van der Waals surface area contributed by atoms with Gasteiger partial charge in [0.1, 0.15) is 0 Å². The third kappa shape index (κ3) is 2.99. The summed E-state index contributed by atoms with van der Waals surface area (Å²) in [5.41, 5.74) is 2.89. The van der Waals surface area contributed by atoms with Gasteiger partial charge in [-0.05, 0) is 44.1 Å². The fourth-order valence-electron chi connectivity index (χ4n) is 4.53. The number of carbonyl (C=O) groups is 1. The Morgan fingerprint density at radius 1 is 1.22 bits per heavy atom. The molecule has 2 saturated heterocycles. The summed E-state index contributed by atoms with van der Waals surface area (Å²) in [6, 6.07) is 2.02. The molecule has 0 unspecified atom stereocenters. The molecule has 1 saturated carbocycles. The van der Waals surface area contributed by atoms with Crippen LogP contribution in [0.4, 0.5) is 5.95 Å². The second-order valence-electron chi connectivity index (χ2n) is 8.14. The lowest BCUT2D eigenvalue weighted by Gasteiger charge is -2.25. The maximum absolute atomic E-state index is 12.9. The van der Waals surface area contributed by atoms with Gasteiger partial charge in [-0.3, -0.25) is 9.89 Å². The Balaban J connectivity index is 1.44. The van der Waals surface area contributed by atoms with Crippen molar-refractivity contribution in [3.63, 3.8) is 0 Å². The Hall–Kier alpha value is -2.44. The van der Waals surface area contributed by atoms with Gasteiger partial charge in [-0.1, -0.05) is 6.92 Å². The van der Waals surface area contributed by atoms with Gasteiger partial charge >= 0.3 is 0 Å².